The lowest BCUT2D eigenvalue weighted by Crippen LogP contribution is -2.45. The first kappa shape index (κ1) is 15.6. The number of fused-ring (bicyclic) bond motifs is 1. The maximum atomic E-state index is 12.4. The number of rotatable bonds is 3. The van der Waals surface area contributed by atoms with E-state index in [0.717, 1.165) is 42.7 Å². The Hall–Kier alpha value is -2.89. The van der Waals surface area contributed by atoms with Crippen LogP contribution in [0.2, 0.25) is 0 Å². The number of furan rings is 1. The van der Waals surface area contributed by atoms with Gasteiger partial charge in [0.25, 0.3) is 5.91 Å². The van der Waals surface area contributed by atoms with Crippen LogP contribution in [0.25, 0.3) is 10.9 Å². The van der Waals surface area contributed by atoms with Crippen LogP contribution in [0.1, 0.15) is 23.4 Å². The van der Waals surface area contributed by atoms with E-state index >= 15 is 0 Å². The number of carbonyl (C=O) groups is 1. The predicted octanol–water partition coefficient (Wildman–Crippen LogP) is 2.96. The maximum absolute atomic E-state index is 12.4. The Morgan fingerprint density at radius 3 is 2.72 bits per heavy atom. The fourth-order valence-corrected chi connectivity index (χ4v) is 3.45. The number of nitrogens with zero attached hydrogens (tertiary/aromatic N) is 4. The molecule has 128 valence electrons. The highest BCUT2D eigenvalue weighted by atomic mass is 16.3. The summed E-state index contributed by atoms with van der Waals surface area (Å²) in [6.07, 6.45) is 4.96. The zero-order valence-corrected chi connectivity index (χ0v) is 14.1. The van der Waals surface area contributed by atoms with Crippen LogP contribution < -0.4 is 4.90 Å². The van der Waals surface area contributed by atoms with E-state index in [1.54, 1.807) is 23.4 Å². The molecule has 1 saturated heterocycles. The molecule has 0 N–H and O–H groups in total. The Morgan fingerprint density at radius 2 is 1.96 bits per heavy atom. The van der Waals surface area contributed by atoms with E-state index in [9.17, 15) is 4.79 Å². The van der Waals surface area contributed by atoms with Gasteiger partial charge in [0, 0.05) is 31.6 Å². The van der Waals surface area contributed by atoms with Crippen LogP contribution in [0.15, 0.2) is 53.4 Å². The summed E-state index contributed by atoms with van der Waals surface area (Å²) in [5, 5.41) is 1.07. The third-order valence-corrected chi connectivity index (χ3v) is 4.89. The van der Waals surface area contributed by atoms with Crippen LogP contribution in [0.5, 0.6) is 0 Å². The molecule has 1 aromatic carbocycles. The van der Waals surface area contributed by atoms with Crippen molar-refractivity contribution in [2.75, 3.05) is 25.0 Å². The first-order chi connectivity index (χ1) is 12.2. The molecule has 0 aliphatic carbocycles. The van der Waals surface area contributed by atoms with Crippen LogP contribution in [-0.4, -0.2) is 47.0 Å². The zero-order valence-electron chi connectivity index (χ0n) is 14.1. The van der Waals surface area contributed by atoms with Gasteiger partial charge in [-0.1, -0.05) is 12.1 Å². The molecule has 6 heteroatoms. The molecule has 25 heavy (non-hydrogen) atoms. The topological polar surface area (TPSA) is 62.5 Å². The van der Waals surface area contributed by atoms with Crippen LogP contribution in [0.3, 0.4) is 0 Å². The summed E-state index contributed by atoms with van der Waals surface area (Å²) < 4.78 is 5.23. The summed E-state index contributed by atoms with van der Waals surface area (Å²) >= 11 is 0. The molecule has 0 unspecified atom stereocenters. The molecule has 1 amide bonds. The minimum absolute atomic E-state index is 0.0593. The number of amides is 1. The van der Waals surface area contributed by atoms with Crippen molar-refractivity contribution in [3.05, 3.63) is 54.7 Å². The van der Waals surface area contributed by atoms with Crippen molar-refractivity contribution in [2.24, 2.45) is 0 Å². The van der Waals surface area contributed by atoms with Crippen LogP contribution >= 0.6 is 0 Å². The second-order valence-corrected chi connectivity index (χ2v) is 6.33. The third-order valence-electron chi connectivity index (χ3n) is 4.89. The maximum Gasteiger partial charge on any atom is 0.289 e. The Bertz CT molecular complexity index is 865. The molecule has 1 fully saturated rings. The Labute approximate surface area is 146 Å². The molecule has 1 aliphatic heterocycles. The molecule has 3 aromatic rings. The normalized spacial score (nSPS) is 15.5. The predicted molar refractivity (Wildman–Crippen MR) is 95.6 cm³/mol. The average Bonchev–Trinajstić information content (AvgIpc) is 3.21. The fourth-order valence-electron chi connectivity index (χ4n) is 3.45. The van der Waals surface area contributed by atoms with Crippen LogP contribution in [0.4, 0.5) is 5.82 Å². The van der Waals surface area contributed by atoms with Gasteiger partial charge >= 0.3 is 0 Å². The van der Waals surface area contributed by atoms with E-state index in [0.29, 0.717) is 5.76 Å². The van der Waals surface area contributed by atoms with Crippen LogP contribution in [0, 0.1) is 0 Å². The molecule has 6 nitrogen and oxygen atoms in total. The Balaban J connectivity index is 1.47. The van der Waals surface area contributed by atoms with E-state index in [-0.39, 0.29) is 11.9 Å². The zero-order chi connectivity index (χ0) is 17.2. The van der Waals surface area contributed by atoms with E-state index in [2.05, 4.69) is 20.9 Å². The molecular formula is C19H20N4O2. The lowest BCUT2D eigenvalue weighted by molar-refractivity contribution is 0.0677. The lowest BCUT2D eigenvalue weighted by atomic mass is 10.0. The van der Waals surface area contributed by atoms with E-state index in [1.165, 1.54) is 6.26 Å². The van der Waals surface area contributed by atoms with Gasteiger partial charge in [-0.2, -0.15) is 0 Å². The van der Waals surface area contributed by atoms with Crippen molar-refractivity contribution in [1.82, 2.24) is 14.9 Å². The summed E-state index contributed by atoms with van der Waals surface area (Å²) in [6, 6.07) is 11.7. The third kappa shape index (κ3) is 2.95. The summed E-state index contributed by atoms with van der Waals surface area (Å²) in [5.41, 5.74) is 0.958. The highest BCUT2D eigenvalue weighted by molar-refractivity contribution is 5.91. The SMILES string of the molecule is CN(C(=O)c1ccco1)C1CCN(c2ncnc3ccccc23)CC1. The van der Waals surface area contributed by atoms with Crippen molar-refractivity contribution in [3.63, 3.8) is 0 Å². The lowest BCUT2D eigenvalue weighted by Gasteiger charge is -2.37. The quantitative estimate of drug-likeness (QED) is 0.736. The van der Waals surface area contributed by atoms with Crippen molar-refractivity contribution in [2.45, 2.75) is 18.9 Å². The van der Waals surface area contributed by atoms with Gasteiger partial charge in [-0.15, -0.1) is 0 Å². The monoisotopic (exact) mass is 336 g/mol. The van der Waals surface area contributed by atoms with Gasteiger partial charge < -0.3 is 14.2 Å². The first-order valence-corrected chi connectivity index (χ1v) is 8.49. The summed E-state index contributed by atoms with van der Waals surface area (Å²) in [4.78, 5) is 25.3. The highest BCUT2D eigenvalue weighted by Crippen LogP contribution is 2.26. The van der Waals surface area contributed by atoms with Crippen molar-refractivity contribution in [1.29, 1.82) is 0 Å². The van der Waals surface area contributed by atoms with Gasteiger partial charge in [-0.25, -0.2) is 9.97 Å². The standard InChI is InChI=1S/C19H20N4O2/c1-22(19(24)17-7-4-12-25-17)14-8-10-23(11-9-14)18-15-5-2-3-6-16(15)20-13-21-18/h2-7,12-14H,8-11H2,1H3. The molecule has 0 spiro atoms. The molecular weight excluding hydrogens is 316 g/mol. The molecule has 0 radical (unpaired) electrons. The number of piperidine rings is 1. The largest absolute Gasteiger partial charge is 0.459 e. The molecule has 0 saturated carbocycles. The van der Waals surface area contributed by atoms with Gasteiger partial charge in [-0.05, 0) is 37.1 Å². The number of carbonyl (C=O) groups excluding carboxylic acids is 1. The smallest absolute Gasteiger partial charge is 0.289 e. The summed E-state index contributed by atoms with van der Waals surface area (Å²) in [7, 11) is 1.85. The van der Waals surface area contributed by atoms with E-state index in [1.807, 2.05) is 25.2 Å². The van der Waals surface area contributed by atoms with E-state index < -0.39 is 0 Å². The fraction of sp³-hybridized carbons (Fsp3) is 0.316. The molecule has 0 bridgehead atoms. The number of hydrogen-bond donors (Lipinski definition) is 0. The van der Waals surface area contributed by atoms with Crippen molar-refractivity contribution in [3.8, 4) is 0 Å². The Morgan fingerprint density at radius 1 is 1.16 bits per heavy atom. The number of aromatic nitrogens is 2. The molecule has 1 aliphatic rings. The van der Waals surface area contributed by atoms with Gasteiger partial charge in [-0.3, -0.25) is 4.79 Å². The average molecular weight is 336 g/mol. The number of anilines is 1. The second-order valence-electron chi connectivity index (χ2n) is 6.33. The minimum Gasteiger partial charge on any atom is -0.459 e. The number of hydrogen-bond acceptors (Lipinski definition) is 5. The number of benzene rings is 1. The minimum atomic E-state index is -0.0593. The van der Waals surface area contributed by atoms with Crippen molar-refractivity contribution >= 4 is 22.6 Å². The molecule has 4 rings (SSSR count). The van der Waals surface area contributed by atoms with Gasteiger partial charge in [0.1, 0.15) is 12.1 Å². The molecule has 3 heterocycles. The van der Waals surface area contributed by atoms with E-state index in [4.69, 9.17) is 4.42 Å². The molecule has 0 atom stereocenters. The summed E-state index contributed by atoms with van der Waals surface area (Å²) in [6.45, 7) is 1.73. The van der Waals surface area contributed by atoms with Gasteiger partial charge in [0.05, 0.1) is 11.8 Å². The molecule has 2 aromatic heterocycles. The number of para-hydroxylation sites is 1. The first-order valence-electron chi connectivity index (χ1n) is 8.49. The Kier molecular flexibility index (Phi) is 4.09. The van der Waals surface area contributed by atoms with Crippen LogP contribution in [-0.2, 0) is 0 Å². The summed E-state index contributed by atoms with van der Waals surface area (Å²) in [5.74, 6) is 1.31. The van der Waals surface area contributed by atoms with Crippen molar-refractivity contribution < 1.29 is 9.21 Å². The van der Waals surface area contributed by atoms with Gasteiger partial charge in [0.2, 0.25) is 0 Å². The highest BCUT2D eigenvalue weighted by Gasteiger charge is 2.28. The second kappa shape index (κ2) is 6.55. The van der Waals surface area contributed by atoms with Gasteiger partial charge in [0.15, 0.2) is 5.76 Å².